The largest absolute Gasteiger partial charge is 0.395 e. The van der Waals surface area contributed by atoms with Crippen LogP contribution in [0.5, 0.6) is 0 Å². The molecule has 2 nitrogen and oxygen atoms in total. The molecule has 0 aliphatic rings. The van der Waals surface area contributed by atoms with Gasteiger partial charge in [0.05, 0.1) is 6.61 Å². The molecule has 0 aromatic heterocycles. The molecule has 0 saturated carbocycles. The van der Waals surface area contributed by atoms with E-state index in [1.54, 1.807) is 0 Å². The van der Waals surface area contributed by atoms with Gasteiger partial charge in [-0.05, 0) is 36.3 Å². The maximum Gasteiger partial charge on any atom is 0.0584 e. The first kappa shape index (κ1) is 16.2. The molecule has 2 atom stereocenters. The van der Waals surface area contributed by atoms with Gasteiger partial charge in [0, 0.05) is 12.1 Å². The molecular weight excluding hydrogens is 234 g/mol. The summed E-state index contributed by atoms with van der Waals surface area (Å²) in [5.74, 6) is 0.602. The Hall–Kier alpha value is -0.860. The minimum absolute atomic E-state index is 0.191. The lowest BCUT2D eigenvalue weighted by Crippen LogP contribution is -2.36. The summed E-state index contributed by atoms with van der Waals surface area (Å²) in [6.07, 6.45) is 3.14. The Morgan fingerprint density at radius 1 is 1.11 bits per heavy atom. The molecule has 2 N–H and O–H groups in total. The molecule has 1 rings (SSSR count). The average Bonchev–Trinajstić information content (AvgIpc) is 2.43. The Labute approximate surface area is 118 Å². The van der Waals surface area contributed by atoms with Gasteiger partial charge in [0.25, 0.3) is 0 Å². The molecule has 0 heterocycles. The van der Waals surface area contributed by atoms with Crippen molar-refractivity contribution in [2.24, 2.45) is 5.92 Å². The second kappa shape index (κ2) is 8.34. The van der Waals surface area contributed by atoms with Gasteiger partial charge in [-0.2, -0.15) is 0 Å². The molecule has 2 unspecified atom stereocenters. The van der Waals surface area contributed by atoms with Gasteiger partial charge < -0.3 is 10.4 Å². The average molecular weight is 263 g/mol. The Balaban J connectivity index is 2.69. The molecule has 0 bridgehead atoms. The number of hydrogen-bond acceptors (Lipinski definition) is 2. The summed E-state index contributed by atoms with van der Waals surface area (Å²) in [6.45, 7) is 8.97. The Morgan fingerprint density at radius 3 is 2.16 bits per heavy atom. The SMILES string of the molecule is CCc1ccc(C(CC)NC(CO)CC(C)C)cc1. The van der Waals surface area contributed by atoms with Gasteiger partial charge in [0.1, 0.15) is 0 Å². The highest BCUT2D eigenvalue weighted by atomic mass is 16.3. The van der Waals surface area contributed by atoms with Gasteiger partial charge in [-0.15, -0.1) is 0 Å². The van der Waals surface area contributed by atoms with Crippen molar-refractivity contribution < 1.29 is 5.11 Å². The minimum atomic E-state index is 0.191. The fourth-order valence-corrected chi connectivity index (χ4v) is 2.48. The van der Waals surface area contributed by atoms with Crippen molar-refractivity contribution in [3.63, 3.8) is 0 Å². The van der Waals surface area contributed by atoms with Crippen LogP contribution in [-0.2, 0) is 6.42 Å². The molecule has 2 heteroatoms. The smallest absolute Gasteiger partial charge is 0.0584 e. The van der Waals surface area contributed by atoms with Crippen LogP contribution < -0.4 is 5.32 Å². The maximum atomic E-state index is 9.49. The van der Waals surface area contributed by atoms with Crippen LogP contribution in [0.15, 0.2) is 24.3 Å². The minimum Gasteiger partial charge on any atom is -0.395 e. The third-order valence-corrected chi connectivity index (χ3v) is 3.61. The summed E-state index contributed by atoms with van der Waals surface area (Å²) in [4.78, 5) is 0. The van der Waals surface area contributed by atoms with E-state index in [0.717, 1.165) is 19.3 Å². The van der Waals surface area contributed by atoms with Crippen molar-refractivity contribution in [2.75, 3.05) is 6.61 Å². The number of aliphatic hydroxyl groups excluding tert-OH is 1. The summed E-state index contributed by atoms with van der Waals surface area (Å²) in [6, 6.07) is 9.36. The van der Waals surface area contributed by atoms with E-state index in [4.69, 9.17) is 0 Å². The van der Waals surface area contributed by atoms with E-state index in [2.05, 4.69) is 57.3 Å². The summed E-state index contributed by atoms with van der Waals surface area (Å²) >= 11 is 0. The van der Waals surface area contributed by atoms with Crippen LogP contribution >= 0.6 is 0 Å². The maximum absolute atomic E-state index is 9.49. The monoisotopic (exact) mass is 263 g/mol. The zero-order chi connectivity index (χ0) is 14.3. The summed E-state index contributed by atoms with van der Waals surface area (Å²) in [7, 11) is 0. The van der Waals surface area contributed by atoms with E-state index in [0.29, 0.717) is 12.0 Å². The molecule has 0 spiro atoms. The predicted molar refractivity (Wildman–Crippen MR) is 82.3 cm³/mol. The van der Waals surface area contributed by atoms with Gasteiger partial charge in [0.15, 0.2) is 0 Å². The van der Waals surface area contributed by atoms with Crippen molar-refractivity contribution in [3.8, 4) is 0 Å². The van der Waals surface area contributed by atoms with Crippen LogP contribution in [0, 0.1) is 5.92 Å². The second-order valence-corrected chi connectivity index (χ2v) is 5.73. The molecule has 108 valence electrons. The molecular formula is C17H29NO. The van der Waals surface area contributed by atoms with Crippen LogP contribution in [-0.4, -0.2) is 17.8 Å². The Kier molecular flexibility index (Phi) is 7.11. The number of aryl methyl sites for hydroxylation is 1. The normalized spacial score (nSPS) is 14.6. The van der Waals surface area contributed by atoms with Crippen molar-refractivity contribution >= 4 is 0 Å². The molecule has 1 aromatic carbocycles. The number of aliphatic hydroxyl groups is 1. The van der Waals surface area contributed by atoms with E-state index in [1.165, 1.54) is 11.1 Å². The molecule has 0 fully saturated rings. The van der Waals surface area contributed by atoms with E-state index in [1.807, 2.05) is 0 Å². The number of rotatable bonds is 8. The summed E-state index contributed by atoms with van der Waals surface area (Å²) < 4.78 is 0. The first-order valence-corrected chi connectivity index (χ1v) is 7.56. The van der Waals surface area contributed by atoms with Crippen molar-refractivity contribution in [3.05, 3.63) is 35.4 Å². The first-order valence-electron chi connectivity index (χ1n) is 7.56. The highest BCUT2D eigenvalue weighted by Crippen LogP contribution is 2.19. The summed E-state index contributed by atoms with van der Waals surface area (Å²) in [5.41, 5.74) is 2.70. The van der Waals surface area contributed by atoms with E-state index in [-0.39, 0.29) is 12.6 Å². The topological polar surface area (TPSA) is 32.3 Å². The highest BCUT2D eigenvalue weighted by molar-refractivity contribution is 5.25. The molecule has 0 amide bonds. The quantitative estimate of drug-likeness (QED) is 0.749. The number of benzene rings is 1. The van der Waals surface area contributed by atoms with Crippen LogP contribution in [0.3, 0.4) is 0 Å². The van der Waals surface area contributed by atoms with E-state index >= 15 is 0 Å². The third kappa shape index (κ3) is 5.33. The van der Waals surface area contributed by atoms with Crippen LogP contribution in [0.4, 0.5) is 0 Å². The van der Waals surface area contributed by atoms with Crippen molar-refractivity contribution in [2.45, 2.75) is 59.0 Å². The molecule has 0 radical (unpaired) electrons. The van der Waals surface area contributed by atoms with E-state index < -0.39 is 0 Å². The van der Waals surface area contributed by atoms with Crippen molar-refractivity contribution in [1.29, 1.82) is 0 Å². The highest BCUT2D eigenvalue weighted by Gasteiger charge is 2.16. The number of nitrogens with one attached hydrogen (secondary N) is 1. The molecule has 0 aliphatic carbocycles. The molecule has 0 aliphatic heterocycles. The Morgan fingerprint density at radius 2 is 1.74 bits per heavy atom. The molecule has 1 aromatic rings. The fourth-order valence-electron chi connectivity index (χ4n) is 2.48. The lowest BCUT2D eigenvalue weighted by Gasteiger charge is -2.25. The third-order valence-electron chi connectivity index (χ3n) is 3.61. The van der Waals surface area contributed by atoms with Crippen LogP contribution in [0.25, 0.3) is 0 Å². The van der Waals surface area contributed by atoms with E-state index in [9.17, 15) is 5.11 Å². The van der Waals surface area contributed by atoms with Gasteiger partial charge in [-0.3, -0.25) is 0 Å². The molecule has 0 saturated heterocycles. The van der Waals surface area contributed by atoms with Crippen LogP contribution in [0.1, 0.15) is 57.7 Å². The van der Waals surface area contributed by atoms with Gasteiger partial charge in [-0.1, -0.05) is 52.0 Å². The van der Waals surface area contributed by atoms with Crippen molar-refractivity contribution in [1.82, 2.24) is 5.32 Å². The Bertz CT molecular complexity index is 345. The lowest BCUT2D eigenvalue weighted by atomic mass is 9.98. The van der Waals surface area contributed by atoms with Gasteiger partial charge >= 0.3 is 0 Å². The first-order chi connectivity index (χ1) is 9.10. The summed E-state index contributed by atoms with van der Waals surface area (Å²) in [5, 5.41) is 13.1. The van der Waals surface area contributed by atoms with Gasteiger partial charge in [-0.25, -0.2) is 0 Å². The second-order valence-electron chi connectivity index (χ2n) is 5.73. The molecule has 19 heavy (non-hydrogen) atoms. The predicted octanol–water partition coefficient (Wildman–Crippen LogP) is 3.70. The zero-order valence-electron chi connectivity index (χ0n) is 12.8. The van der Waals surface area contributed by atoms with Gasteiger partial charge in [0.2, 0.25) is 0 Å². The number of hydrogen-bond donors (Lipinski definition) is 2. The standard InChI is InChI=1S/C17H29NO/c1-5-14-7-9-15(10-8-14)17(6-2)18-16(12-19)11-13(3)4/h7-10,13,16-19H,5-6,11-12H2,1-4H3. The lowest BCUT2D eigenvalue weighted by molar-refractivity contribution is 0.211. The van der Waals surface area contributed by atoms with Crippen LogP contribution in [0.2, 0.25) is 0 Å². The fraction of sp³-hybridized carbons (Fsp3) is 0.647. The zero-order valence-corrected chi connectivity index (χ0v) is 12.8.